The Kier molecular flexibility index (Phi) is 2.84. The Labute approximate surface area is 106 Å². The molecule has 1 aromatic rings. The number of piperazine rings is 1. The number of hydrogen-bond acceptors (Lipinski definition) is 4. The number of fused-ring (bicyclic) bond motifs is 3. The summed E-state index contributed by atoms with van der Waals surface area (Å²) in [6.45, 7) is 5.65. The number of pyridine rings is 1. The molecule has 0 unspecified atom stereocenters. The number of aromatic nitrogens is 1. The van der Waals surface area contributed by atoms with Gasteiger partial charge in [-0.25, -0.2) is 4.98 Å². The predicted molar refractivity (Wildman–Crippen MR) is 68.1 cm³/mol. The molecule has 2 aliphatic rings. The Morgan fingerprint density at radius 3 is 3.35 bits per heavy atom. The number of hydrogen-bond donors (Lipinski definition) is 1. The summed E-state index contributed by atoms with van der Waals surface area (Å²) in [4.78, 5) is 6.95. The fourth-order valence-electron chi connectivity index (χ4n) is 2.47. The van der Waals surface area contributed by atoms with Crippen LogP contribution in [-0.4, -0.2) is 37.3 Å². The summed E-state index contributed by atoms with van der Waals surface area (Å²) in [5, 5.41) is 4.10. The molecule has 0 aromatic carbocycles. The number of rotatable bonds is 0. The molecule has 0 aliphatic carbocycles. The van der Waals surface area contributed by atoms with Crippen molar-refractivity contribution < 1.29 is 4.74 Å². The van der Waals surface area contributed by atoms with Crippen molar-refractivity contribution in [3.8, 4) is 5.75 Å². The van der Waals surface area contributed by atoms with E-state index in [0.29, 0.717) is 11.1 Å². The van der Waals surface area contributed by atoms with Crippen LogP contribution in [0.4, 0.5) is 5.82 Å². The smallest absolute Gasteiger partial charge is 0.172 e. The quantitative estimate of drug-likeness (QED) is 0.762. The van der Waals surface area contributed by atoms with Gasteiger partial charge in [0.15, 0.2) is 11.6 Å². The maximum Gasteiger partial charge on any atom is 0.172 e. The van der Waals surface area contributed by atoms with Crippen molar-refractivity contribution in [1.82, 2.24) is 10.3 Å². The molecule has 5 heteroatoms. The molecular formula is C12H16ClN3O. The van der Waals surface area contributed by atoms with E-state index >= 15 is 0 Å². The first kappa shape index (κ1) is 11.1. The van der Waals surface area contributed by atoms with Crippen LogP contribution in [0.2, 0.25) is 5.02 Å². The average molecular weight is 254 g/mol. The van der Waals surface area contributed by atoms with Crippen molar-refractivity contribution in [3.63, 3.8) is 0 Å². The highest BCUT2D eigenvalue weighted by Gasteiger charge is 2.29. The van der Waals surface area contributed by atoms with Crippen molar-refractivity contribution in [1.29, 1.82) is 0 Å². The van der Waals surface area contributed by atoms with E-state index in [2.05, 4.69) is 15.2 Å². The van der Waals surface area contributed by atoms with Gasteiger partial charge >= 0.3 is 0 Å². The van der Waals surface area contributed by atoms with E-state index in [1.165, 1.54) is 0 Å². The SMILES string of the molecule is Cc1nc2c(cc1Cl)OCC[C@@H]1CNCCN21. The third-order valence-corrected chi connectivity index (χ3v) is 3.81. The van der Waals surface area contributed by atoms with Crippen LogP contribution in [0.25, 0.3) is 0 Å². The Morgan fingerprint density at radius 2 is 2.47 bits per heavy atom. The van der Waals surface area contributed by atoms with Gasteiger partial charge < -0.3 is 15.0 Å². The highest BCUT2D eigenvalue weighted by molar-refractivity contribution is 6.31. The fourth-order valence-corrected chi connectivity index (χ4v) is 2.61. The Balaban J connectivity index is 2.05. The van der Waals surface area contributed by atoms with Gasteiger partial charge in [-0.05, 0) is 6.92 Å². The van der Waals surface area contributed by atoms with Crippen molar-refractivity contribution in [2.45, 2.75) is 19.4 Å². The first-order valence-electron chi connectivity index (χ1n) is 6.03. The number of halogens is 1. The van der Waals surface area contributed by atoms with E-state index in [-0.39, 0.29) is 0 Å². The molecule has 0 saturated carbocycles. The van der Waals surface area contributed by atoms with Crippen LogP contribution in [0.15, 0.2) is 6.07 Å². The second-order valence-electron chi connectivity index (χ2n) is 4.57. The first-order chi connectivity index (χ1) is 8.25. The molecule has 1 fully saturated rings. The minimum Gasteiger partial charge on any atom is -0.490 e. The predicted octanol–water partition coefficient (Wildman–Crippen LogP) is 1.60. The normalized spacial score (nSPS) is 23.4. The summed E-state index contributed by atoms with van der Waals surface area (Å²) < 4.78 is 5.76. The largest absolute Gasteiger partial charge is 0.490 e. The van der Waals surface area contributed by atoms with Gasteiger partial charge in [0.1, 0.15) is 0 Å². The molecule has 0 bridgehead atoms. The van der Waals surface area contributed by atoms with E-state index in [4.69, 9.17) is 16.3 Å². The lowest BCUT2D eigenvalue weighted by atomic mass is 10.1. The highest BCUT2D eigenvalue weighted by Crippen LogP contribution is 2.34. The lowest BCUT2D eigenvalue weighted by Gasteiger charge is -2.35. The van der Waals surface area contributed by atoms with E-state index in [1.54, 1.807) is 0 Å². The van der Waals surface area contributed by atoms with Crippen LogP contribution in [0.1, 0.15) is 12.1 Å². The zero-order valence-corrected chi connectivity index (χ0v) is 10.6. The van der Waals surface area contributed by atoms with Gasteiger partial charge in [-0.3, -0.25) is 0 Å². The third-order valence-electron chi connectivity index (χ3n) is 3.43. The summed E-state index contributed by atoms with van der Waals surface area (Å²) >= 11 is 6.10. The lowest BCUT2D eigenvalue weighted by Crippen LogP contribution is -2.51. The van der Waals surface area contributed by atoms with E-state index in [0.717, 1.165) is 49.9 Å². The zero-order valence-electron chi connectivity index (χ0n) is 9.87. The van der Waals surface area contributed by atoms with E-state index < -0.39 is 0 Å². The van der Waals surface area contributed by atoms with Crippen molar-refractivity contribution in [2.24, 2.45) is 0 Å². The van der Waals surface area contributed by atoms with Crippen molar-refractivity contribution in [3.05, 3.63) is 16.8 Å². The molecule has 2 aliphatic heterocycles. The zero-order chi connectivity index (χ0) is 11.8. The van der Waals surface area contributed by atoms with Gasteiger partial charge in [0.05, 0.1) is 17.3 Å². The molecule has 1 saturated heterocycles. The first-order valence-corrected chi connectivity index (χ1v) is 6.41. The third kappa shape index (κ3) is 1.96. The maximum absolute atomic E-state index is 6.10. The molecule has 0 radical (unpaired) electrons. The van der Waals surface area contributed by atoms with Crippen LogP contribution >= 0.6 is 11.6 Å². The fraction of sp³-hybridized carbons (Fsp3) is 0.583. The van der Waals surface area contributed by atoms with Crippen LogP contribution < -0.4 is 15.0 Å². The standard InChI is InChI=1S/C12H16ClN3O/c1-8-10(13)6-11-12(15-8)16-4-3-14-7-9(16)2-5-17-11/h6,9,14H,2-5,7H2,1H3/t9-/m1/s1. The summed E-state index contributed by atoms with van der Waals surface area (Å²) in [6.07, 6.45) is 1.03. The maximum atomic E-state index is 6.10. The summed E-state index contributed by atoms with van der Waals surface area (Å²) in [6, 6.07) is 2.38. The average Bonchev–Trinajstić information content (AvgIpc) is 2.50. The Bertz CT molecular complexity index is 438. The number of anilines is 1. The summed E-state index contributed by atoms with van der Waals surface area (Å²) in [7, 11) is 0. The summed E-state index contributed by atoms with van der Waals surface area (Å²) in [5.41, 5.74) is 0.869. The van der Waals surface area contributed by atoms with Gasteiger partial charge in [-0.2, -0.15) is 0 Å². The highest BCUT2D eigenvalue weighted by atomic mass is 35.5. The molecule has 3 rings (SSSR count). The number of nitrogens with one attached hydrogen (secondary N) is 1. The van der Waals surface area contributed by atoms with E-state index in [1.807, 2.05) is 13.0 Å². The second-order valence-corrected chi connectivity index (χ2v) is 4.97. The number of aryl methyl sites for hydroxylation is 1. The van der Waals surface area contributed by atoms with Crippen molar-refractivity contribution in [2.75, 3.05) is 31.1 Å². The van der Waals surface area contributed by atoms with Gasteiger partial charge in [0, 0.05) is 38.2 Å². The van der Waals surface area contributed by atoms with Gasteiger partial charge in [0.2, 0.25) is 0 Å². The van der Waals surface area contributed by atoms with Crippen LogP contribution in [0.3, 0.4) is 0 Å². The number of ether oxygens (including phenoxy) is 1. The van der Waals surface area contributed by atoms with Crippen LogP contribution in [0, 0.1) is 6.92 Å². The second kappa shape index (κ2) is 4.35. The molecule has 92 valence electrons. The topological polar surface area (TPSA) is 37.4 Å². The van der Waals surface area contributed by atoms with Gasteiger partial charge in [-0.1, -0.05) is 11.6 Å². The molecule has 1 aromatic heterocycles. The Hall–Kier alpha value is -1.00. The van der Waals surface area contributed by atoms with Crippen LogP contribution in [0.5, 0.6) is 5.75 Å². The summed E-state index contributed by atoms with van der Waals surface area (Å²) in [5.74, 6) is 1.78. The number of nitrogens with zero attached hydrogens (tertiary/aromatic N) is 2. The molecule has 3 heterocycles. The molecule has 0 amide bonds. The molecule has 17 heavy (non-hydrogen) atoms. The monoisotopic (exact) mass is 253 g/mol. The molecule has 0 spiro atoms. The van der Waals surface area contributed by atoms with Gasteiger partial charge in [0.25, 0.3) is 0 Å². The molecule has 1 atom stereocenters. The van der Waals surface area contributed by atoms with E-state index in [9.17, 15) is 0 Å². The molecular weight excluding hydrogens is 238 g/mol. The molecule has 4 nitrogen and oxygen atoms in total. The Morgan fingerprint density at radius 1 is 1.59 bits per heavy atom. The van der Waals surface area contributed by atoms with Gasteiger partial charge in [-0.15, -0.1) is 0 Å². The minimum atomic E-state index is 0.484. The molecule has 1 N–H and O–H groups in total. The minimum absolute atomic E-state index is 0.484. The van der Waals surface area contributed by atoms with Crippen LogP contribution in [-0.2, 0) is 0 Å². The van der Waals surface area contributed by atoms with Crippen molar-refractivity contribution >= 4 is 17.4 Å². The lowest BCUT2D eigenvalue weighted by molar-refractivity contribution is 0.303.